The molecule has 112 valence electrons. The van der Waals surface area contributed by atoms with E-state index >= 15 is 0 Å². The van der Waals surface area contributed by atoms with Crippen molar-refractivity contribution in [2.24, 2.45) is 0 Å². The van der Waals surface area contributed by atoms with Crippen LogP contribution in [0.3, 0.4) is 0 Å². The van der Waals surface area contributed by atoms with Gasteiger partial charge in [0.25, 0.3) is 5.69 Å². The van der Waals surface area contributed by atoms with E-state index in [9.17, 15) is 10.1 Å². The number of nitrogens with zero attached hydrogens (tertiary/aromatic N) is 3. The minimum absolute atomic E-state index is 0.0675. The van der Waals surface area contributed by atoms with Crippen LogP contribution in [0.2, 0.25) is 0 Å². The number of aromatic nitrogens is 2. The molecule has 1 N–H and O–H groups in total. The van der Waals surface area contributed by atoms with Crippen molar-refractivity contribution in [1.82, 2.24) is 15.5 Å². The van der Waals surface area contributed by atoms with E-state index in [4.69, 9.17) is 4.52 Å². The minimum atomic E-state index is -0.377. The number of aryl methyl sites for hydroxylation is 1. The molecule has 1 heterocycles. The number of hydrogen-bond donors (Lipinski definition) is 1. The summed E-state index contributed by atoms with van der Waals surface area (Å²) in [5.41, 5.74) is 1.03. The normalized spacial score (nSPS) is 12.3. The smallest absolute Gasteiger partial charge is 0.269 e. The quantitative estimate of drug-likeness (QED) is 0.622. The lowest BCUT2D eigenvalue weighted by Crippen LogP contribution is -2.23. The van der Waals surface area contributed by atoms with E-state index in [1.807, 2.05) is 13.0 Å². The summed E-state index contributed by atoms with van der Waals surface area (Å²) < 4.78 is 4.91. The van der Waals surface area contributed by atoms with Crippen molar-refractivity contribution in [3.63, 3.8) is 0 Å². The van der Waals surface area contributed by atoms with Gasteiger partial charge in [-0.15, -0.1) is 0 Å². The summed E-state index contributed by atoms with van der Waals surface area (Å²) >= 11 is 0. The Labute approximate surface area is 122 Å². The largest absolute Gasteiger partial charge is 0.340 e. The Kier molecular flexibility index (Phi) is 4.99. The minimum Gasteiger partial charge on any atom is -0.340 e. The van der Waals surface area contributed by atoms with Crippen LogP contribution in [-0.4, -0.2) is 21.6 Å². The van der Waals surface area contributed by atoms with Crippen LogP contribution in [-0.2, 0) is 6.42 Å². The number of hydrogen-bond acceptors (Lipinski definition) is 6. The van der Waals surface area contributed by atoms with Crippen LogP contribution in [0, 0.1) is 17.0 Å². The predicted octanol–water partition coefficient (Wildman–Crippen LogP) is 2.57. The summed E-state index contributed by atoms with van der Waals surface area (Å²) in [6.45, 7) is 4.47. The second-order valence-electron chi connectivity index (χ2n) is 4.75. The summed E-state index contributed by atoms with van der Waals surface area (Å²) in [6.07, 6.45) is 1.50. The predicted molar refractivity (Wildman–Crippen MR) is 76.9 cm³/mol. The molecule has 1 unspecified atom stereocenters. The van der Waals surface area contributed by atoms with Crippen molar-refractivity contribution in [3.8, 4) is 0 Å². The van der Waals surface area contributed by atoms with Crippen LogP contribution in [0.25, 0.3) is 0 Å². The number of benzene rings is 1. The molecule has 0 saturated heterocycles. The molecule has 2 aromatic rings. The highest BCUT2D eigenvalue weighted by molar-refractivity contribution is 5.35. The van der Waals surface area contributed by atoms with Gasteiger partial charge in [0.05, 0.1) is 4.92 Å². The molecule has 0 aliphatic rings. The highest BCUT2D eigenvalue weighted by Gasteiger charge is 2.13. The van der Waals surface area contributed by atoms with Gasteiger partial charge in [-0.25, -0.2) is 0 Å². The maximum atomic E-state index is 10.8. The summed E-state index contributed by atoms with van der Waals surface area (Å²) in [4.78, 5) is 14.6. The monoisotopic (exact) mass is 290 g/mol. The number of nitrogens with one attached hydrogen (secondary N) is 1. The first-order chi connectivity index (χ1) is 10.1. The number of nitro groups is 1. The average Bonchev–Trinajstić information content (AvgIpc) is 2.89. The molecule has 0 amide bonds. The van der Waals surface area contributed by atoms with Crippen molar-refractivity contribution in [2.75, 3.05) is 6.54 Å². The second kappa shape index (κ2) is 6.94. The molecule has 0 spiro atoms. The van der Waals surface area contributed by atoms with Crippen LogP contribution in [0.4, 0.5) is 5.69 Å². The third-order valence-corrected chi connectivity index (χ3v) is 3.20. The highest BCUT2D eigenvalue weighted by Crippen LogP contribution is 2.21. The van der Waals surface area contributed by atoms with E-state index in [2.05, 4.69) is 15.5 Å². The molecule has 1 atom stereocenters. The molecule has 7 nitrogen and oxygen atoms in total. The van der Waals surface area contributed by atoms with E-state index in [0.29, 0.717) is 24.7 Å². The fraction of sp³-hybridized carbons (Fsp3) is 0.429. The standard InChI is InChI=1S/C14H18N4O3/c1-3-13(11-5-4-6-12(9-11)18(19)20)15-8-7-14-16-10(2)21-17-14/h4-6,9,13,15H,3,7-8H2,1-2H3. The molecule has 21 heavy (non-hydrogen) atoms. The maximum Gasteiger partial charge on any atom is 0.269 e. The molecule has 7 heteroatoms. The zero-order valence-corrected chi connectivity index (χ0v) is 12.1. The Morgan fingerprint density at radius 2 is 2.29 bits per heavy atom. The third kappa shape index (κ3) is 4.09. The SMILES string of the molecule is CCC(NCCc1noc(C)n1)c1cccc([N+](=O)[O-])c1. The zero-order valence-electron chi connectivity index (χ0n) is 12.1. The molecule has 0 bridgehead atoms. The Bertz CT molecular complexity index is 612. The lowest BCUT2D eigenvalue weighted by atomic mass is 10.0. The Balaban J connectivity index is 1.96. The average molecular weight is 290 g/mol. The van der Waals surface area contributed by atoms with Crippen molar-refractivity contribution >= 4 is 5.69 Å². The van der Waals surface area contributed by atoms with Gasteiger partial charge in [0, 0.05) is 38.1 Å². The molecule has 0 fully saturated rings. The molecule has 0 radical (unpaired) electrons. The van der Waals surface area contributed by atoms with E-state index in [1.165, 1.54) is 6.07 Å². The topological polar surface area (TPSA) is 94.1 Å². The van der Waals surface area contributed by atoms with E-state index in [1.54, 1.807) is 19.1 Å². The van der Waals surface area contributed by atoms with Crippen LogP contribution in [0.5, 0.6) is 0 Å². The van der Waals surface area contributed by atoms with Gasteiger partial charge >= 0.3 is 0 Å². The fourth-order valence-electron chi connectivity index (χ4n) is 2.15. The van der Waals surface area contributed by atoms with Crippen LogP contribution in [0.1, 0.15) is 36.7 Å². The van der Waals surface area contributed by atoms with Crippen molar-refractivity contribution < 1.29 is 9.45 Å². The van der Waals surface area contributed by atoms with Crippen molar-refractivity contribution in [3.05, 3.63) is 51.7 Å². The maximum absolute atomic E-state index is 10.8. The second-order valence-corrected chi connectivity index (χ2v) is 4.75. The Morgan fingerprint density at radius 1 is 1.48 bits per heavy atom. The van der Waals surface area contributed by atoms with Crippen molar-refractivity contribution in [2.45, 2.75) is 32.7 Å². The van der Waals surface area contributed by atoms with Crippen LogP contribution in [0.15, 0.2) is 28.8 Å². The first kappa shape index (κ1) is 15.1. The molecule has 0 aliphatic carbocycles. The van der Waals surface area contributed by atoms with Gasteiger partial charge < -0.3 is 9.84 Å². The lowest BCUT2D eigenvalue weighted by Gasteiger charge is -2.16. The molecular formula is C14H18N4O3. The molecule has 1 aromatic carbocycles. The summed E-state index contributed by atoms with van der Waals surface area (Å²) in [5, 5.41) is 18.0. The van der Waals surface area contributed by atoms with E-state index in [0.717, 1.165) is 12.0 Å². The van der Waals surface area contributed by atoms with E-state index < -0.39 is 0 Å². The van der Waals surface area contributed by atoms with Gasteiger partial charge in [0.15, 0.2) is 5.82 Å². The van der Waals surface area contributed by atoms with Crippen molar-refractivity contribution in [1.29, 1.82) is 0 Å². The molecule has 0 saturated carbocycles. The fourth-order valence-corrected chi connectivity index (χ4v) is 2.15. The first-order valence-electron chi connectivity index (χ1n) is 6.87. The first-order valence-corrected chi connectivity index (χ1v) is 6.87. The number of nitro benzene ring substituents is 1. The third-order valence-electron chi connectivity index (χ3n) is 3.20. The lowest BCUT2D eigenvalue weighted by molar-refractivity contribution is -0.384. The zero-order chi connectivity index (χ0) is 15.2. The van der Waals surface area contributed by atoms with Crippen LogP contribution >= 0.6 is 0 Å². The molecule has 2 rings (SSSR count). The van der Waals surface area contributed by atoms with Gasteiger partial charge in [0.1, 0.15) is 0 Å². The van der Waals surface area contributed by atoms with Gasteiger partial charge in [-0.05, 0) is 12.0 Å². The van der Waals surface area contributed by atoms with Gasteiger partial charge in [-0.3, -0.25) is 10.1 Å². The van der Waals surface area contributed by atoms with E-state index in [-0.39, 0.29) is 16.7 Å². The Hall–Kier alpha value is -2.28. The van der Waals surface area contributed by atoms with Gasteiger partial charge in [0.2, 0.25) is 5.89 Å². The molecule has 0 aliphatic heterocycles. The number of rotatable bonds is 7. The Morgan fingerprint density at radius 3 is 2.90 bits per heavy atom. The van der Waals surface area contributed by atoms with Gasteiger partial charge in [-0.1, -0.05) is 24.2 Å². The number of non-ortho nitro benzene ring substituents is 1. The summed E-state index contributed by atoms with van der Waals surface area (Å²) in [5.74, 6) is 1.21. The summed E-state index contributed by atoms with van der Waals surface area (Å²) in [6, 6.07) is 6.78. The van der Waals surface area contributed by atoms with Crippen LogP contribution < -0.4 is 5.32 Å². The summed E-state index contributed by atoms with van der Waals surface area (Å²) in [7, 11) is 0. The molecule has 1 aromatic heterocycles. The van der Waals surface area contributed by atoms with Gasteiger partial charge in [-0.2, -0.15) is 4.98 Å². The molecular weight excluding hydrogens is 272 g/mol. The highest BCUT2D eigenvalue weighted by atomic mass is 16.6.